The number of benzene rings is 1. The van der Waals surface area contributed by atoms with Gasteiger partial charge >= 0.3 is 6.03 Å². The maximum atomic E-state index is 11.9. The summed E-state index contributed by atoms with van der Waals surface area (Å²) >= 11 is 0. The van der Waals surface area contributed by atoms with Crippen LogP contribution in [0.3, 0.4) is 0 Å². The molecule has 2 unspecified atom stereocenters. The molecular weight excluding hydrogens is 306 g/mol. The summed E-state index contributed by atoms with van der Waals surface area (Å²) in [5, 5.41) is 5.57. The molecule has 0 aliphatic carbocycles. The van der Waals surface area contributed by atoms with Gasteiger partial charge in [-0.2, -0.15) is 0 Å². The number of amides is 2. The van der Waals surface area contributed by atoms with Gasteiger partial charge in [0, 0.05) is 24.5 Å². The molecule has 1 aromatic carbocycles. The van der Waals surface area contributed by atoms with E-state index in [2.05, 4.69) is 29.4 Å². The van der Waals surface area contributed by atoms with E-state index < -0.39 is 0 Å². The Balaban J connectivity index is 1.53. The number of nitrogens with zero attached hydrogens (tertiary/aromatic N) is 1. The largest absolute Gasteiger partial charge is 0.467 e. The standard InChI is InChI=1S/C18H23N3O3/c1-13-11-21(12-14(2)24-13)16-7-5-15(6-8-16)20-18(22)19-10-17-4-3-9-23-17/h3-9,13-14H,10-12H2,1-2H3,(H2,19,20,22). The highest BCUT2D eigenvalue weighted by Gasteiger charge is 2.22. The van der Waals surface area contributed by atoms with Crippen LogP contribution >= 0.6 is 0 Å². The Bertz CT molecular complexity index is 645. The fraction of sp³-hybridized carbons (Fsp3) is 0.389. The average Bonchev–Trinajstić information content (AvgIpc) is 3.06. The third-order valence-electron chi connectivity index (χ3n) is 3.91. The number of furan rings is 1. The van der Waals surface area contributed by atoms with Gasteiger partial charge in [0.05, 0.1) is 25.0 Å². The monoisotopic (exact) mass is 329 g/mol. The number of ether oxygens (including phenoxy) is 1. The van der Waals surface area contributed by atoms with Gasteiger partial charge in [-0.25, -0.2) is 4.79 Å². The minimum atomic E-state index is -0.257. The van der Waals surface area contributed by atoms with Crippen molar-refractivity contribution in [3.8, 4) is 0 Å². The molecule has 1 saturated heterocycles. The van der Waals surface area contributed by atoms with Crippen LogP contribution in [0.25, 0.3) is 0 Å². The zero-order valence-corrected chi connectivity index (χ0v) is 14.0. The first kappa shape index (κ1) is 16.4. The predicted octanol–water partition coefficient (Wildman–Crippen LogP) is 3.21. The zero-order valence-electron chi connectivity index (χ0n) is 14.0. The minimum absolute atomic E-state index is 0.221. The summed E-state index contributed by atoms with van der Waals surface area (Å²) in [6.45, 7) is 6.28. The molecule has 1 fully saturated rings. The van der Waals surface area contributed by atoms with Gasteiger partial charge in [-0.1, -0.05) is 0 Å². The highest BCUT2D eigenvalue weighted by molar-refractivity contribution is 5.89. The summed E-state index contributed by atoms with van der Waals surface area (Å²) < 4.78 is 10.9. The van der Waals surface area contributed by atoms with Gasteiger partial charge in [-0.05, 0) is 50.2 Å². The van der Waals surface area contributed by atoms with E-state index in [1.807, 2.05) is 30.3 Å². The number of carbonyl (C=O) groups excluding carboxylic acids is 1. The summed E-state index contributed by atoms with van der Waals surface area (Å²) in [4.78, 5) is 14.2. The molecule has 0 radical (unpaired) electrons. The van der Waals surface area contributed by atoms with Crippen LogP contribution in [0.5, 0.6) is 0 Å². The number of rotatable bonds is 4. The van der Waals surface area contributed by atoms with Gasteiger partial charge in [0.1, 0.15) is 5.76 Å². The molecule has 2 heterocycles. The van der Waals surface area contributed by atoms with Crippen molar-refractivity contribution in [2.75, 3.05) is 23.3 Å². The number of hydrogen-bond donors (Lipinski definition) is 2. The van der Waals surface area contributed by atoms with E-state index >= 15 is 0 Å². The maximum absolute atomic E-state index is 11.9. The fourth-order valence-corrected chi connectivity index (χ4v) is 2.90. The molecule has 2 amide bonds. The number of carbonyl (C=O) groups is 1. The third-order valence-corrected chi connectivity index (χ3v) is 3.91. The second kappa shape index (κ2) is 7.40. The normalized spacial score (nSPS) is 20.7. The van der Waals surface area contributed by atoms with Gasteiger partial charge in [0.2, 0.25) is 0 Å². The van der Waals surface area contributed by atoms with Crippen LogP contribution in [0.4, 0.5) is 16.2 Å². The Morgan fingerprint density at radius 2 is 1.88 bits per heavy atom. The summed E-state index contributed by atoms with van der Waals surface area (Å²) in [6.07, 6.45) is 2.03. The van der Waals surface area contributed by atoms with E-state index in [4.69, 9.17) is 9.15 Å². The molecule has 2 atom stereocenters. The molecule has 24 heavy (non-hydrogen) atoms. The first-order valence-electron chi connectivity index (χ1n) is 8.18. The Labute approximate surface area is 141 Å². The molecule has 0 spiro atoms. The van der Waals surface area contributed by atoms with Gasteiger partial charge in [0.25, 0.3) is 0 Å². The summed E-state index contributed by atoms with van der Waals surface area (Å²) in [6, 6.07) is 11.2. The predicted molar refractivity (Wildman–Crippen MR) is 93.2 cm³/mol. The highest BCUT2D eigenvalue weighted by atomic mass is 16.5. The molecule has 1 aliphatic heterocycles. The van der Waals surface area contributed by atoms with Crippen molar-refractivity contribution in [3.05, 3.63) is 48.4 Å². The molecule has 1 aliphatic rings. The van der Waals surface area contributed by atoms with Gasteiger partial charge in [0.15, 0.2) is 0 Å². The van der Waals surface area contributed by atoms with Crippen LogP contribution in [0.1, 0.15) is 19.6 Å². The lowest BCUT2D eigenvalue weighted by Crippen LogP contribution is -2.45. The highest BCUT2D eigenvalue weighted by Crippen LogP contribution is 2.22. The lowest BCUT2D eigenvalue weighted by molar-refractivity contribution is -0.00521. The minimum Gasteiger partial charge on any atom is -0.467 e. The first-order chi connectivity index (χ1) is 11.6. The quantitative estimate of drug-likeness (QED) is 0.904. The molecule has 0 bridgehead atoms. The van der Waals surface area contributed by atoms with E-state index in [-0.39, 0.29) is 18.2 Å². The van der Waals surface area contributed by atoms with Crippen LogP contribution < -0.4 is 15.5 Å². The van der Waals surface area contributed by atoms with Crippen molar-refractivity contribution in [2.24, 2.45) is 0 Å². The zero-order chi connectivity index (χ0) is 16.9. The molecule has 2 aromatic rings. The molecule has 128 valence electrons. The second-order valence-corrected chi connectivity index (χ2v) is 6.10. The summed E-state index contributed by atoms with van der Waals surface area (Å²) in [5.41, 5.74) is 1.89. The van der Waals surface area contributed by atoms with Crippen molar-refractivity contribution in [1.29, 1.82) is 0 Å². The van der Waals surface area contributed by atoms with Crippen molar-refractivity contribution < 1.29 is 13.9 Å². The van der Waals surface area contributed by atoms with Crippen LogP contribution in [0.15, 0.2) is 47.1 Å². The van der Waals surface area contributed by atoms with Crippen LogP contribution in [0, 0.1) is 0 Å². The third kappa shape index (κ3) is 4.29. The van der Waals surface area contributed by atoms with Crippen molar-refractivity contribution >= 4 is 17.4 Å². The topological polar surface area (TPSA) is 66.7 Å². The number of urea groups is 1. The van der Waals surface area contributed by atoms with Crippen LogP contribution in [-0.2, 0) is 11.3 Å². The summed E-state index contributed by atoms with van der Waals surface area (Å²) in [7, 11) is 0. The fourth-order valence-electron chi connectivity index (χ4n) is 2.90. The SMILES string of the molecule is CC1CN(c2ccc(NC(=O)NCc3ccco3)cc2)CC(C)O1. The maximum Gasteiger partial charge on any atom is 0.319 e. The average molecular weight is 329 g/mol. The lowest BCUT2D eigenvalue weighted by atomic mass is 10.2. The Kier molecular flexibility index (Phi) is 5.05. The van der Waals surface area contributed by atoms with Gasteiger partial charge in [-0.15, -0.1) is 0 Å². The van der Waals surface area contributed by atoms with Crippen molar-refractivity contribution in [1.82, 2.24) is 5.32 Å². The van der Waals surface area contributed by atoms with E-state index in [9.17, 15) is 4.79 Å². The van der Waals surface area contributed by atoms with E-state index in [0.717, 1.165) is 30.2 Å². The van der Waals surface area contributed by atoms with Gasteiger partial charge in [-0.3, -0.25) is 0 Å². The second-order valence-electron chi connectivity index (χ2n) is 6.10. The number of hydrogen-bond acceptors (Lipinski definition) is 4. The first-order valence-corrected chi connectivity index (χ1v) is 8.18. The number of anilines is 2. The molecule has 6 heteroatoms. The Hall–Kier alpha value is -2.47. The van der Waals surface area contributed by atoms with Crippen molar-refractivity contribution in [3.63, 3.8) is 0 Å². The number of morpholine rings is 1. The van der Waals surface area contributed by atoms with Crippen LogP contribution in [0.2, 0.25) is 0 Å². The molecule has 3 rings (SSSR count). The Morgan fingerprint density at radius 1 is 1.17 bits per heavy atom. The molecule has 1 aromatic heterocycles. The molecular formula is C18H23N3O3. The Morgan fingerprint density at radius 3 is 2.50 bits per heavy atom. The lowest BCUT2D eigenvalue weighted by Gasteiger charge is -2.36. The van der Waals surface area contributed by atoms with E-state index in [1.54, 1.807) is 12.3 Å². The molecule has 6 nitrogen and oxygen atoms in total. The van der Waals surface area contributed by atoms with E-state index in [1.165, 1.54) is 0 Å². The molecule has 2 N–H and O–H groups in total. The molecule has 0 saturated carbocycles. The van der Waals surface area contributed by atoms with E-state index in [0.29, 0.717) is 6.54 Å². The number of nitrogens with one attached hydrogen (secondary N) is 2. The smallest absolute Gasteiger partial charge is 0.319 e. The summed E-state index contributed by atoms with van der Waals surface area (Å²) in [5.74, 6) is 0.719. The van der Waals surface area contributed by atoms with Gasteiger partial charge < -0.3 is 24.7 Å². The van der Waals surface area contributed by atoms with Crippen LogP contribution in [-0.4, -0.2) is 31.3 Å². The van der Waals surface area contributed by atoms with Crippen molar-refractivity contribution in [2.45, 2.75) is 32.6 Å².